The molecule has 7 heteroatoms. The lowest BCUT2D eigenvalue weighted by atomic mass is 9.94. The molecule has 1 fully saturated rings. The number of likely N-dealkylation sites (tertiary alicyclic amines) is 1. The third-order valence-electron chi connectivity index (χ3n) is 4.24. The van der Waals surface area contributed by atoms with Gasteiger partial charge in [0.15, 0.2) is 5.78 Å². The van der Waals surface area contributed by atoms with E-state index in [2.05, 4.69) is 16.8 Å². The zero-order chi connectivity index (χ0) is 19.6. The molecule has 0 radical (unpaired) electrons. The fourth-order valence-electron chi connectivity index (χ4n) is 3.05. The predicted octanol–water partition coefficient (Wildman–Crippen LogP) is 2.43. The van der Waals surface area contributed by atoms with Gasteiger partial charge in [-0.05, 0) is 31.2 Å². The SMILES string of the molecule is CC#Cc1cc(F)c(C2C(=O)CN(Cc3ccc(F)cn3)C2=O)c(OC)c1. The Hall–Kier alpha value is -3.27. The zero-order valence-electron chi connectivity index (χ0n) is 14.8. The van der Waals surface area contributed by atoms with Gasteiger partial charge in [0.25, 0.3) is 0 Å². The molecule has 0 aliphatic carbocycles. The highest BCUT2D eigenvalue weighted by molar-refractivity contribution is 6.13. The standard InChI is InChI=1S/C20H16F2N2O3/c1-3-4-12-7-15(22)18(17(8-12)27-2)19-16(25)11-24(20(19)26)10-14-6-5-13(21)9-23-14/h5-9,19H,10-11H2,1-2H3. The number of hydrogen-bond donors (Lipinski definition) is 0. The van der Waals surface area contributed by atoms with Gasteiger partial charge in [-0.3, -0.25) is 14.6 Å². The number of halogens is 2. The number of rotatable bonds is 4. The van der Waals surface area contributed by atoms with Gasteiger partial charge in [0.2, 0.25) is 5.91 Å². The normalized spacial score (nSPS) is 16.3. The van der Waals surface area contributed by atoms with Crippen LogP contribution in [-0.4, -0.2) is 35.2 Å². The van der Waals surface area contributed by atoms with E-state index in [1.807, 2.05) is 0 Å². The summed E-state index contributed by atoms with van der Waals surface area (Å²) in [7, 11) is 1.34. The number of benzene rings is 1. The molecular weight excluding hydrogens is 354 g/mol. The van der Waals surface area contributed by atoms with E-state index in [1.165, 1.54) is 36.3 Å². The highest BCUT2D eigenvalue weighted by Crippen LogP contribution is 2.36. The van der Waals surface area contributed by atoms with Crippen LogP contribution in [0.5, 0.6) is 5.75 Å². The van der Waals surface area contributed by atoms with E-state index in [9.17, 15) is 18.4 Å². The van der Waals surface area contributed by atoms with E-state index in [0.29, 0.717) is 11.3 Å². The second kappa shape index (κ2) is 7.54. The maximum Gasteiger partial charge on any atom is 0.238 e. The van der Waals surface area contributed by atoms with Crippen molar-refractivity contribution < 1.29 is 23.1 Å². The maximum absolute atomic E-state index is 14.7. The van der Waals surface area contributed by atoms with Crippen molar-refractivity contribution in [3.8, 4) is 17.6 Å². The Morgan fingerprint density at radius 3 is 2.70 bits per heavy atom. The zero-order valence-corrected chi connectivity index (χ0v) is 14.8. The van der Waals surface area contributed by atoms with Crippen LogP contribution in [0.25, 0.3) is 0 Å². The fourth-order valence-corrected chi connectivity index (χ4v) is 3.05. The van der Waals surface area contributed by atoms with Gasteiger partial charge in [-0.25, -0.2) is 8.78 Å². The molecule has 2 heterocycles. The number of ketones is 1. The molecule has 5 nitrogen and oxygen atoms in total. The molecule has 138 valence electrons. The predicted molar refractivity (Wildman–Crippen MR) is 92.9 cm³/mol. The van der Waals surface area contributed by atoms with E-state index < -0.39 is 29.2 Å². The van der Waals surface area contributed by atoms with Crippen molar-refractivity contribution in [3.63, 3.8) is 0 Å². The summed E-state index contributed by atoms with van der Waals surface area (Å²) in [5.74, 6) is 1.99. The van der Waals surface area contributed by atoms with E-state index in [-0.39, 0.29) is 24.4 Å². The van der Waals surface area contributed by atoms with Gasteiger partial charge >= 0.3 is 0 Å². The number of pyridine rings is 1. The highest BCUT2D eigenvalue weighted by Gasteiger charge is 2.43. The van der Waals surface area contributed by atoms with Crippen molar-refractivity contribution in [2.24, 2.45) is 0 Å². The van der Waals surface area contributed by atoms with Crippen molar-refractivity contribution >= 4 is 11.7 Å². The molecule has 1 saturated heterocycles. The molecule has 1 atom stereocenters. The quantitative estimate of drug-likeness (QED) is 0.613. The highest BCUT2D eigenvalue weighted by atomic mass is 19.1. The van der Waals surface area contributed by atoms with Gasteiger partial charge in [0.1, 0.15) is 23.3 Å². The number of carbonyl (C=O) groups excluding carboxylic acids is 2. The molecule has 1 amide bonds. The number of methoxy groups -OCH3 is 1. The van der Waals surface area contributed by atoms with Crippen LogP contribution in [0.15, 0.2) is 30.5 Å². The van der Waals surface area contributed by atoms with E-state index in [0.717, 1.165) is 6.20 Å². The molecule has 0 bridgehead atoms. The lowest BCUT2D eigenvalue weighted by molar-refractivity contribution is -0.130. The fraction of sp³-hybridized carbons (Fsp3) is 0.250. The molecule has 1 aromatic carbocycles. The van der Waals surface area contributed by atoms with Gasteiger partial charge in [-0.2, -0.15) is 0 Å². The van der Waals surface area contributed by atoms with Crippen LogP contribution in [0.2, 0.25) is 0 Å². The van der Waals surface area contributed by atoms with Crippen LogP contribution in [-0.2, 0) is 16.1 Å². The first-order valence-electron chi connectivity index (χ1n) is 8.16. The van der Waals surface area contributed by atoms with Crippen LogP contribution in [0.1, 0.15) is 29.7 Å². The van der Waals surface area contributed by atoms with Gasteiger partial charge < -0.3 is 9.64 Å². The summed E-state index contributed by atoms with van der Waals surface area (Å²) in [6.45, 7) is 1.47. The van der Waals surface area contributed by atoms with Gasteiger partial charge in [0.05, 0.1) is 32.1 Å². The van der Waals surface area contributed by atoms with E-state index >= 15 is 0 Å². The average molecular weight is 370 g/mol. The largest absolute Gasteiger partial charge is 0.496 e. The summed E-state index contributed by atoms with van der Waals surface area (Å²) in [5, 5.41) is 0. The minimum Gasteiger partial charge on any atom is -0.496 e. The molecule has 2 aromatic rings. The number of hydrogen-bond acceptors (Lipinski definition) is 4. The first-order valence-corrected chi connectivity index (χ1v) is 8.16. The monoisotopic (exact) mass is 370 g/mol. The van der Waals surface area contributed by atoms with Crippen molar-refractivity contribution in [2.75, 3.05) is 13.7 Å². The maximum atomic E-state index is 14.7. The Morgan fingerprint density at radius 1 is 1.30 bits per heavy atom. The third kappa shape index (κ3) is 3.65. The van der Waals surface area contributed by atoms with Gasteiger partial charge in [-0.1, -0.05) is 5.92 Å². The Balaban J connectivity index is 1.93. The minimum atomic E-state index is -1.29. The molecule has 3 rings (SSSR count). The summed E-state index contributed by atoms with van der Waals surface area (Å²) in [6, 6.07) is 5.33. The lowest BCUT2D eigenvalue weighted by Gasteiger charge is -2.17. The van der Waals surface area contributed by atoms with E-state index in [1.54, 1.807) is 6.92 Å². The number of Topliss-reactive ketones (excluding diaryl/α,β-unsaturated/α-hetero) is 1. The van der Waals surface area contributed by atoms with Crippen LogP contribution in [0.4, 0.5) is 8.78 Å². The topological polar surface area (TPSA) is 59.5 Å². The number of ether oxygens (including phenoxy) is 1. The summed E-state index contributed by atoms with van der Waals surface area (Å²) >= 11 is 0. The third-order valence-corrected chi connectivity index (χ3v) is 4.24. The van der Waals surface area contributed by atoms with Crippen molar-refractivity contribution in [2.45, 2.75) is 19.4 Å². The van der Waals surface area contributed by atoms with Crippen LogP contribution in [0, 0.1) is 23.5 Å². The van der Waals surface area contributed by atoms with Crippen LogP contribution in [0.3, 0.4) is 0 Å². The van der Waals surface area contributed by atoms with Crippen molar-refractivity contribution in [3.05, 3.63) is 58.9 Å². The first kappa shape index (κ1) is 18.5. The molecule has 1 aromatic heterocycles. The van der Waals surface area contributed by atoms with Gasteiger partial charge in [0, 0.05) is 11.1 Å². The summed E-state index contributed by atoms with van der Waals surface area (Å²) in [4.78, 5) is 30.4. The van der Waals surface area contributed by atoms with Crippen molar-refractivity contribution in [1.82, 2.24) is 9.88 Å². The summed E-state index contributed by atoms with van der Waals surface area (Å²) in [5.41, 5.74) is 0.726. The smallest absolute Gasteiger partial charge is 0.238 e. The molecule has 0 spiro atoms. The summed E-state index contributed by atoms with van der Waals surface area (Å²) in [6.07, 6.45) is 1.03. The Kier molecular flexibility index (Phi) is 5.17. The Bertz CT molecular complexity index is 962. The molecule has 0 saturated carbocycles. The van der Waals surface area contributed by atoms with E-state index in [4.69, 9.17) is 4.74 Å². The minimum absolute atomic E-state index is 0.0324. The first-order chi connectivity index (χ1) is 12.9. The lowest BCUT2D eigenvalue weighted by Crippen LogP contribution is -2.27. The number of nitrogens with zero attached hydrogens (tertiary/aromatic N) is 2. The van der Waals surface area contributed by atoms with Crippen molar-refractivity contribution in [1.29, 1.82) is 0 Å². The average Bonchev–Trinajstić information content (AvgIpc) is 2.90. The van der Waals surface area contributed by atoms with Crippen LogP contribution >= 0.6 is 0 Å². The number of carbonyl (C=O) groups is 2. The van der Waals surface area contributed by atoms with Gasteiger partial charge in [-0.15, -0.1) is 5.92 Å². The van der Waals surface area contributed by atoms with Crippen LogP contribution < -0.4 is 4.74 Å². The molecule has 1 aliphatic heterocycles. The second-order valence-corrected chi connectivity index (χ2v) is 6.01. The molecule has 1 unspecified atom stereocenters. The number of amides is 1. The number of aromatic nitrogens is 1. The Labute approximate surface area is 155 Å². The molecule has 0 N–H and O–H groups in total. The summed E-state index contributed by atoms with van der Waals surface area (Å²) < 4.78 is 32.9. The second-order valence-electron chi connectivity index (χ2n) is 6.01. The molecule has 27 heavy (non-hydrogen) atoms. The molecular formula is C20H16F2N2O3. The Morgan fingerprint density at radius 2 is 2.07 bits per heavy atom. The molecule has 1 aliphatic rings.